The number of rotatable bonds is 43. The lowest BCUT2D eigenvalue weighted by Gasteiger charge is -2.54. The molecule has 1 heterocycles. The van der Waals surface area contributed by atoms with Gasteiger partial charge in [0.1, 0.15) is 0 Å². The Hall–Kier alpha value is 4.29. The minimum Gasteiger partial charge on any atom is -0.439 e. The molecule has 2 N–H and O–H groups in total. The fraction of sp³-hybridized carbons (Fsp3) is 1.00. The molecule has 1 rings (SSSR count). The molecule has 0 aliphatic carbocycles. The van der Waals surface area contributed by atoms with Crippen LogP contribution >= 0.6 is 0 Å². The Kier molecular flexibility index (Phi) is 36.4. The third-order valence-corrected chi connectivity index (χ3v) is 135. The first kappa shape index (κ1) is 102. The summed E-state index contributed by atoms with van der Waals surface area (Å²) in [5.74, 6) is 0. The highest BCUT2D eigenvalue weighted by atomic mass is 29.7. The second kappa shape index (κ2) is 35.6. The lowest BCUT2D eigenvalue weighted by atomic mass is 10.4. The molecule has 3 unspecified atom stereocenters. The van der Waals surface area contributed by atoms with E-state index in [0.29, 0.717) is 6.61 Å². The van der Waals surface area contributed by atoms with E-state index in [1.54, 1.807) is 26.2 Å². The highest BCUT2D eigenvalue weighted by molar-refractivity contribution is 7.67. The van der Waals surface area contributed by atoms with E-state index in [2.05, 4.69) is 183 Å². The minimum absolute atomic E-state index is 0.701. The molecular weight excluding hydrogens is 1680 g/mol. The van der Waals surface area contributed by atoms with Crippen molar-refractivity contribution >= 4 is 203 Å². The second-order valence-corrected chi connectivity index (χ2v) is 137. The summed E-state index contributed by atoms with van der Waals surface area (Å²) in [6, 6.07) is 4.84. The van der Waals surface area contributed by atoms with Crippen molar-refractivity contribution in [3.05, 3.63) is 0 Å². The molecule has 599 valence electrons. The molecule has 1 saturated heterocycles. The van der Waals surface area contributed by atoms with Gasteiger partial charge >= 0.3 is 163 Å². The first-order chi connectivity index (χ1) is 43.3. The van der Waals surface area contributed by atoms with Crippen LogP contribution in [0.15, 0.2) is 0 Å². The molecule has 3 atom stereocenters. The zero-order valence-corrected chi connectivity index (χ0v) is 96.1. The third-order valence-electron chi connectivity index (χ3n) is 15.9. The number of hydrogen-bond donors (Lipinski definition) is 2. The van der Waals surface area contributed by atoms with Crippen LogP contribution in [-0.2, 0) is 87.0 Å². The lowest BCUT2D eigenvalue weighted by Crippen LogP contribution is -2.78. The molecule has 0 amide bonds. The molecular formula is C53H153O23Si24. The standard InChI is InChI=1S/C53H153O23Si24/c1-56-77(2)49-51-98(43)50-47-46-48-57-80(7,8)75-99(44,76-98)52-53-100(45,96(39,40)73-94(35,36)71-92(31,32)69-90(27,28)67-88(23,24)65-86(19,20)63-84(15,16)61-82(11,12)59-79(5,6)55)97(41,42)74-95(37,38)72-93(33,34)70-91(29,30)68-89(25,26)66-87(21,22)64-85(17,18)62-83(13,14)60-81(9,10)58-78(3,4)54/h54-55H,46-53H2,1-45H3. The molecule has 0 bridgehead atoms. The Morgan fingerprint density at radius 1 is 0.320 bits per heavy atom. The van der Waals surface area contributed by atoms with Crippen LogP contribution in [0.5, 0.6) is 0 Å². The van der Waals surface area contributed by atoms with Crippen LogP contribution in [0.1, 0.15) is 12.8 Å². The fourth-order valence-electron chi connectivity index (χ4n) is 15.4. The van der Waals surface area contributed by atoms with E-state index in [9.17, 15) is 9.59 Å². The summed E-state index contributed by atoms with van der Waals surface area (Å²) in [6.07, 6.45) is 2.08. The van der Waals surface area contributed by atoms with Gasteiger partial charge in [-0.05, 0) is 312 Å². The molecule has 0 aromatic rings. The third kappa shape index (κ3) is 40.3. The van der Waals surface area contributed by atoms with Gasteiger partial charge in [-0.2, -0.15) is 0 Å². The van der Waals surface area contributed by atoms with Crippen LogP contribution in [0.3, 0.4) is 0 Å². The monoisotopic (exact) mass is 1830 g/mol. The van der Waals surface area contributed by atoms with E-state index >= 15 is 0 Å². The van der Waals surface area contributed by atoms with Crippen molar-refractivity contribution in [2.45, 2.75) is 331 Å². The van der Waals surface area contributed by atoms with Crippen LogP contribution in [0.2, 0.25) is 318 Å². The van der Waals surface area contributed by atoms with Gasteiger partial charge in [-0.25, -0.2) is 0 Å². The predicted octanol–water partition coefficient (Wildman–Crippen LogP) is 17.3. The molecule has 23 nitrogen and oxygen atoms in total. The number of hydrogen-bond acceptors (Lipinski definition) is 23. The summed E-state index contributed by atoms with van der Waals surface area (Å²) in [4.78, 5) is 21.2. The van der Waals surface area contributed by atoms with E-state index in [4.69, 9.17) is 87.0 Å². The summed E-state index contributed by atoms with van der Waals surface area (Å²) in [5, 5.41) is 0. The maximum atomic E-state index is 10.6. The first-order valence-corrected chi connectivity index (χ1v) is 105. The molecule has 100 heavy (non-hydrogen) atoms. The van der Waals surface area contributed by atoms with Crippen LogP contribution in [0.4, 0.5) is 0 Å². The van der Waals surface area contributed by atoms with E-state index in [0.717, 1.165) is 43.1 Å². The van der Waals surface area contributed by atoms with Crippen LogP contribution in [-0.4, -0.2) is 226 Å². The zero-order chi connectivity index (χ0) is 79.6. The Balaban J connectivity index is 3.85. The first-order valence-electron chi connectivity index (χ1n) is 36.1. The predicted molar refractivity (Wildman–Crippen MR) is 467 cm³/mol. The molecule has 1 radical (unpaired) electrons. The van der Waals surface area contributed by atoms with Crippen molar-refractivity contribution in [3.8, 4) is 0 Å². The maximum absolute atomic E-state index is 10.6. The summed E-state index contributed by atoms with van der Waals surface area (Å²) in [7, 11) is -64.4. The van der Waals surface area contributed by atoms with Gasteiger partial charge in [-0.1, -0.05) is 19.0 Å². The molecule has 0 aromatic heterocycles. The average Bonchev–Trinajstić information content (AvgIpc) is 0.737. The summed E-state index contributed by atoms with van der Waals surface area (Å²) in [5.41, 5.74) is 0. The quantitative estimate of drug-likeness (QED) is 0.0540. The average molecular weight is 1830 g/mol. The van der Waals surface area contributed by atoms with Gasteiger partial charge in [0.05, 0.1) is 7.11 Å². The Morgan fingerprint density at radius 2 is 0.550 bits per heavy atom. The van der Waals surface area contributed by atoms with Gasteiger partial charge in [0.15, 0.2) is 24.0 Å². The van der Waals surface area contributed by atoms with Crippen LogP contribution in [0.25, 0.3) is 0 Å². The zero-order valence-electron chi connectivity index (χ0n) is 72.1. The van der Waals surface area contributed by atoms with Gasteiger partial charge in [-0.15, -0.1) is 0 Å². The normalized spacial score (nSPS) is 20.9. The van der Waals surface area contributed by atoms with Crippen LogP contribution < -0.4 is 0 Å². The second-order valence-electron chi connectivity index (χ2n) is 37.4. The molecule has 0 spiro atoms. The van der Waals surface area contributed by atoms with Crippen molar-refractivity contribution in [2.24, 2.45) is 0 Å². The van der Waals surface area contributed by atoms with Gasteiger partial charge < -0.3 is 96.6 Å². The van der Waals surface area contributed by atoms with Crippen molar-refractivity contribution in [1.82, 2.24) is 0 Å². The van der Waals surface area contributed by atoms with Gasteiger partial charge in [-0.3, -0.25) is 0 Å². The van der Waals surface area contributed by atoms with E-state index in [1.165, 1.54) is 0 Å². The summed E-state index contributed by atoms with van der Waals surface area (Å²) < 4.78 is 147. The van der Waals surface area contributed by atoms with Crippen molar-refractivity contribution in [2.75, 3.05) is 13.7 Å². The highest BCUT2D eigenvalue weighted by Crippen LogP contribution is 2.44. The molecule has 1 aliphatic heterocycles. The Bertz CT molecular complexity index is 2570. The van der Waals surface area contributed by atoms with Gasteiger partial charge in [0.25, 0.3) is 0 Å². The largest absolute Gasteiger partial charge is 0.439 e. The smallest absolute Gasteiger partial charge is 0.322 e. The Labute approximate surface area is 638 Å². The van der Waals surface area contributed by atoms with Crippen molar-refractivity contribution in [3.63, 3.8) is 0 Å². The minimum atomic E-state index is -3.04. The van der Waals surface area contributed by atoms with Crippen molar-refractivity contribution in [1.29, 1.82) is 0 Å². The fourth-order valence-corrected chi connectivity index (χ4v) is 164. The van der Waals surface area contributed by atoms with Crippen molar-refractivity contribution < 1.29 is 96.6 Å². The topological polar surface area (TPSA) is 234 Å². The van der Waals surface area contributed by atoms with Crippen LogP contribution in [0, 0.1) is 0 Å². The maximum Gasteiger partial charge on any atom is 0.322 e. The summed E-state index contributed by atoms with van der Waals surface area (Å²) >= 11 is 0. The Morgan fingerprint density at radius 3 is 0.780 bits per heavy atom. The van der Waals surface area contributed by atoms with E-state index in [-0.39, 0.29) is 0 Å². The summed E-state index contributed by atoms with van der Waals surface area (Å²) in [6.45, 7) is 93.5. The molecule has 47 heteroatoms. The SMILES string of the molecule is CO[Si](C)CC[Si]1(C)CCCCO[Si](C)(C)O[Si](C)(CC[Si](C)([Si](C)(C)O[Si](C)(C)O[Si](C)(C)O[Si](C)(C)O[Si](C)(C)O[Si](C)(C)O[Si](C)(C)O[Si](C)(C)O[Si](C)(C)O)[Si](C)(C)O[Si](C)(C)O[Si](C)(C)O[Si](C)(C)O[Si](C)(C)O[Si](C)(C)O[Si](C)(C)O[Si](C)(C)O[Si](C)(C)O[Si](C)(C)O)O1. The molecule has 0 aromatic carbocycles. The van der Waals surface area contributed by atoms with Gasteiger partial charge in [0, 0.05) is 13.7 Å². The van der Waals surface area contributed by atoms with Gasteiger partial charge in [0.2, 0.25) is 9.04 Å². The highest BCUT2D eigenvalue weighted by Gasteiger charge is 2.64. The lowest BCUT2D eigenvalue weighted by molar-refractivity contribution is 0.218. The molecule has 1 fully saturated rings. The van der Waals surface area contributed by atoms with E-state index in [1.807, 2.05) is 85.7 Å². The molecule has 0 saturated carbocycles. The van der Waals surface area contributed by atoms with E-state index < -0.39 is 203 Å². The molecule has 1 aliphatic rings.